The van der Waals surface area contributed by atoms with Crippen molar-refractivity contribution < 1.29 is 0 Å². The Balaban J connectivity index is 2.34. The lowest BCUT2D eigenvalue weighted by Crippen LogP contribution is -2.19. The maximum atomic E-state index is 8.97. The van der Waals surface area contributed by atoms with Gasteiger partial charge in [-0.25, -0.2) is 0 Å². The first-order valence-corrected chi connectivity index (χ1v) is 6.84. The maximum Gasteiger partial charge on any atom is 0.101 e. The molecule has 0 spiro atoms. The van der Waals surface area contributed by atoms with Crippen molar-refractivity contribution in [2.75, 3.05) is 6.54 Å². The second-order valence-electron chi connectivity index (χ2n) is 4.80. The van der Waals surface area contributed by atoms with Crippen molar-refractivity contribution in [3.05, 3.63) is 64.4 Å². The Labute approximate surface area is 124 Å². The Bertz CT molecular complexity index is 634. The minimum atomic E-state index is 0.106. The molecule has 0 radical (unpaired) electrons. The Morgan fingerprint density at radius 1 is 1.30 bits per heavy atom. The Hall–Kier alpha value is -1.89. The highest BCUT2D eigenvalue weighted by Gasteiger charge is 2.20. The van der Waals surface area contributed by atoms with Crippen LogP contribution in [0.15, 0.2) is 42.7 Å². The van der Waals surface area contributed by atoms with E-state index in [1.54, 1.807) is 12.4 Å². The number of rotatable bonds is 4. The summed E-state index contributed by atoms with van der Waals surface area (Å²) in [5.41, 5.74) is 8.60. The van der Waals surface area contributed by atoms with Gasteiger partial charge in [-0.05, 0) is 41.8 Å². The van der Waals surface area contributed by atoms with Gasteiger partial charge in [0.2, 0.25) is 0 Å². The van der Waals surface area contributed by atoms with E-state index in [0.717, 1.165) is 11.1 Å². The molecule has 2 aromatic rings. The number of nitriles is 1. The van der Waals surface area contributed by atoms with Crippen molar-refractivity contribution in [2.24, 2.45) is 5.73 Å². The van der Waals surface area contributed by atoms with Crippen molar-refractivity contribution in [2.45, 2.75) is 18.8 Å². The highest BCUT2D eigenvalue weighted by atomic mass is 35.5. The summed E-state index contributed by atoms with van der Waals surface area (Å²) in [6.07, 6.45) is 3.33. The van der Waals surface area contributed by atoms with E-state index in [9.17, 15) is 0 Å². The molecule has 0 aliphatic carbocycles. The first kappa shape index (κ1) is 14.5. The average molecular weight is 286 g/mol. The van der Waals surface area contributed by atoms with Crippen LogP contribution in [-0.2, 0) is 0 Å². The number of nitrogens with zero attached hydrogens (tertiary/aromatic N) is 2. The van der Waals surface area contributed by atoms with Gasteiger partial charge >= 0.3 is 0 Å². The van der Waals surface area contributed by atoms with Crippen LogP contribution in [0.2, 0.25) is 5.02 Å². The summed E-state index contributed by atoms with van der Waals surface area (Å²) < 4.78 is 0. The average Bonchev–Trinajstić information content (AvgIpc) is 2.48. The predicted molar refractivity (Wildman–Crippen MR) is 80.6 cm³/mol. The second-order valence-corrected chi connectivity index (χ2v) is 5.24. The lowest BCUT2D eigenvalue weighted by molar-refractivity contribution is 0.582. The van der Waals surface area contributed by atoms with Crippen molar-refractivity contribution in [1.29, 1.82) is 5.26 Å². The normalized spacial score (nSPS) is 13.5. The lowest BCUT2D eigenvalue weighted by Gasteiger charge is -2.23. The summed E-state index contributed by atoms with van der Waals surface area (Å²) in [4.78, 5) is 4.11. The molecule has 0 aliphatic heterocycles. The monoisotopic (exact) mass is 285 g/mol. The molecule has 0 saturated heterocycles. The fraction of sp³-hybridized carbons (Fsp3) is 0.250. The molecule has 0 fully saturated rings. The minimum absolute atomic E-state index is 0.106. The molecule has 4 heteroatoms. The van der Waals surface area contributed by atoms with Crippen LogP contribution in [0.25, 0.3) is 0 Å². The van der Waals surface area contributed by atoms with Gasteiger partial charge in [-0.3, -0.25) is 4.98 Å². The summed E-state index contributed by atoms with van der Waals surface area (Å²) in [5, 5.41) is 9.69. The number of pyridine rings is 1. The highest BCUT2D eigenvalue weighted by molar-refractivity contribution is 6.30. The number of benzene rings is 1. The number of nitrogens with two attached hydrogens (primary N) is 1. The van der Waals surface area contributed by atoms with Gasteiger partial charge in [-0.15, -0.1) is 0 Å². The third-order valence-electron chi connectivity index (χ3n) is 3.55. The third kappa shape index (κ3) is 3.16. The van der Waals surface area contributed by atoms with Crippen LogP contribution in [0.1, 0.15) is 35.4 Å². The van der Waals surface area contributed by atoms with E-state index < -0.39 is 0 Å². The van der Waals surface area contributed by atoms with Crippen LogP contribution < -0.4 is 5.73 Å². The fourth-order valence-electron chi connectivity index (χ4n) is 2.37. The summed E-state index contributed by atoms with van der Waals surface area (Å²) in [5.74, 6) is 0.309. The van der Waals surface area contributed by atoms with E-state index in [1.807, 2.05) is 30.3 Å². The van der Waals surface area contributed by atoms with Crippen molar-refractivity contribution in [1.82, 2.24) is 4.98 Å². The molecule has 2 N–H and O–H groups in total. The Kier molecular flexibility index (Phi) is 4.73. The lowest BCUT2D eigenvalue weighted by atomic mass is 9.83. The topological polar surface area (TPSA) is 62.7 Å². The van der Waals surface area contributed by atoms with Crippen LogP contribution in [-0.4, -0.2) is 11.5 Å². The fourth-order valence-corrected chi connectivity index (χ4v) is 2.57. The van der Waals surface area contributed by atoms with Gasteiger partial charge in [-0.1, -0.05) is 30.7 Å². The highest BCUT2D eigenvalue weighted by Crippen LogP contribution is 2.32. The maximum absolute atomic E-state index is 8.97. The molecule has 2 unspecified atom stereocenters. The number of halogens is 1. The van der Waals surface area contributed by atoms with E-state index in [1.165, 1.54) is 0 Å². The molecule has 2 atom stereocenters. The molecule has 3 nitrogen and oxygen atoms in total. The van der Waals surface area contributed by atoms with Gasteiger partial charge in [0.05, 0.1) is 5.56 Å². The van der Waals surface area contributed by atoms with E-state index in [2.05, 4.69) is 18.0 Å². The molecule has 102 valence electrons. The van der Waals surface area contributed by atoms with Crippen molar-refractivity contribution in [3.8, 4) is 6.07 Å². The Morgan fingerprint density at radius 3 is 2.75 bits per heavy atom. The molecule has 0 bridgehead atoms. The van der Waals surface area contributed by atoms with Crippen LogP contribution in [0.5, 0.6) is 0 Å². The first-order valence-electron chi connectivity index (χ1n) is 6.46. The quantitative estimate of drug-likeness (QED) is 0.936. The van der Waals surface area contributed by atoms with E-state index >= 15 is 0 Å². The van der Waals surface area contributed by atoms with Crippen LogP contribution >= 0.6 is 11.6 Å². The molecular weight excluding hydrogens is 270 g/mol. The van der Waals surface area contributed by atoms with Crippen molar-refractivity contribution >= 4 is 11.6 Å². The minimum Gasteiger partial charge on any atom is -0.330 e. The summed E-state index contributed by atoms with van der Waals surface area (Å²) in [7, 11) is 0. The van der Waals surface area contributed by atoms with Crippen molar-refractivity contribution in [3.63, 3.8) is 0 Å². The van der Waals surface area contributed by atoms with E-state index in [4.69, 9.17) is 22.6 Å². The first-order chi connectivity index (χ1) is 9.65. The van der Waals surface area contributed by atoms with E-state index in [0.29, 0.717) is 17.1 Å². The molecule has 20 heavy (non-hydrogen) atoms. The van der Waals surface area contributed by atoms with Gasteiger partial charge in [0, 0.05) is 23.3 Å². The standard InChI is InChI=1S/C16H16ClN3/c1-11(13-3-2-4-15(17)6-13)16(8-19)14-5-12(7-18)9-20-10-14/h2-6,9-11,16H,8,19H2,1H3. The van der Waals surface area contributed by atoms with E-state index in [-0.39, 0.29) is 11.8 Å². The van der Waals surface area contributed by atoms with Crippen LogP contribution in [0.3, 0.4) is 0 Å². The van der Waals surface area contributed by atoms with Gasteiger partial charge < -0.3 is 5.73 Å². The summed E-state index contributed by atoms with van der Waals surface area (Å²) >= 11 is 6.04. The van der Waals surface area contributed by atoms with Crippen LogP contribution in [0.4, 0.5) is 0 Å². The number of aromatic nitrogens is 1. The zero-order chi connectivity index (χ0) is 14.5. The smallest absolute Gasteiger partial charge is 0.101 e. The van der Waals surface area contributed by atoms with Gasteiger partial charge in [0.25, 0.3) is 0 Å². The molecule has 1 aromatic heterocycles. The predicted octanol–water partition coefficient (Wildman–Crippen LogP) is 3.45. The summed E-state index contributed by atoms with van der Waals surface area (Å²) in [6.45, 7) is 2.60. The number of hydrogen-bond acceptors (Lipinski definition) is 3. The zero-order valence-electron chi connectivity index (χ0n) is 11.3. The van der Waals surface area contributed by atoms with Gasteiger partial charge in [-0.2, -0.15) is 5.26 Å². The SMILES string of the molecule is CC(c1cccc(Cl)c1)C(CN)c1cncc(C#N)c1. The van der Waals surface area contributed by atoms with Gasteiger partial charge in [0.1, 0.15) is 6.07 Å². The number of hydrogen-bond donors (Lipinski definition) is 1. The zero-order valence-corrected chi connectivity index (χ0v) is 12.0. The van der Waals surface area contributed by atoms with Crippen LogP contribution in [0, 0.1) is 11.3 Å². The molecule has 0 amide bonds. The summed E-state index contributed by atoms with van der Waals surface area (Å²) in [6, 6.07) is 11.8. The molecule has 1 aromatic carbocycles. The molecule has 2 rings (SSSR count). The second kappa shape index (κ2) is 6.51. The molecule has 1 heterocycles. The molecule has 0 saturated carbocycles. The third-order valence-corrected chi connectivity index (χ3v) is 3.78. The van der Waals surface area contributed by atoms with Gasteiger partial charge in [0.15, 0.2) is 0 Å². The largest absolute Gasteiger partial charge is 0.330 e. The molecular formula is C16H16ClN3. The molecule has 0 aliphatic rings. The Morgan fingerprint density at radius 2 is 2.10 bits per heavy atom.